The number of rotatable bonds is 7. The average Bonchev–Trinajstić information content (AvgIpc) is 2.82. The van der Waals surface area contributed by atoms with Crippen molar-refractivity contribution in [2.24, 2.45) is 5.10 Å². The van der Waals surface area contributed by atoms with Crippen LogP contribution in [0.3, 0.4) is 0 Å². The van der Waals surface area contributed by atoms with Gasteiger partial charge in [-0.15, -0.1) is 0 Å². The summed E-state index contributed by atoms with van der Waals surface area (Å²) in [7, 11) is 1.34. The van der Waals surface area contributed by atoms with E-state index in [2.05, 4.69) is 5.10 Å². The number of halogens is 6. The molecule has 0 unspecified atom stereocenters. The van der Waals surface area contributed by atoms with Crippen molar-refractivity contribution >= 4 is 23.5 Å². The average molecular weight is 482 g/mol. The third-order valence-electron chi connectivity index (χ3n) is 4.36. The minimum absolute atomic E-state index is 0.0229. The first-order chi connectivity index (χ1) is 15.8. The molecule has 11 heteroatoms. The summed E-state index contributed by atoms with van der Waals surface area (Å²) in [4.78, 5) is 0. The molecule has 0 aromatic heterocycles. The zero-order chi connectivity index (χ0) is 24.1. The van der Waals surface area contributed by atoms with Crippen LogP contribution >= 0.6 is 11.6 Å². The van der Waals surface area contributed by atoms with Gasteiger partial charge in [0.25, 0.3) is 0 Å². The molecule has 0 fully saturated rings. The molecule has 1 N–H and O–H groups in total. The van der Waals surface area contributed by atoms with Crippen LogP contribution in [0.15, 0.2) is 41.5 Å². The molecule has 0 aliphatic carbocycles. The summed E-state index contributed by atoms with van der Waals surface area (Å²) >= 11 is 6.25. The first kappa shape index (κ1) is 23.8. The molecular weight excluding hydrogens is 469 g/mol. The van der Waals surface area contributed by atoms with Crippen molar-refractivity contribution in [1.29, 1.82) is 5.26 Å². The molecule has 0 atom stereocenters. The zero-order valence-electron chi connectivity index (χ0n) is 16.7. The van der Waals surface area contributed by atoms with Crippen LogP contribution < -0.4 is 14.9 Å². The van der Waals surface area contributed by atoms with E-state index in [4.69, 9.17) is 26.3 Å². The Labute approximate surface area is 189 Å². The molecule has 170 valence electrons. The number of anilines is 1. The van der Waals surface area contributed by atoms with Crippen molar-refractivity contribution < 1.29 is 31.4 Å². The van der Waals surface area contributed by atoms with E-state index in [0.29, 0.717) is 11.1 Å². The maximum Gasteiger partial charge on any atom is 0.200 e. The molecule has 0 radical (unpaired) electrons. The summed E-state index contributed by atoms with van der Waals surface area (Å²) < 4.78 is 78.0. The summed E-state index contributed by atoms with van der Waals surface area (Å²) in [6, 6.07) is 11.6. The van der Waals surface area contributed by atoms with E-state index in [1.165, 1.54) is 19.2 Å². The summed E-state index contributed by atoms with van der Waals surface area (Å²) in [5.41, 5.74) is 1.80. The normalized spacial score (nSPS) is 10.8. The highest BCUT2D eigenvalue weighted by atomic mass is 35.5. The molecule has 0 aliphatic rings. The minimum atomic E-state index is -2.27. The molecule has 0 saturated carbocycles. The number of hydrogen-bond donors (Lipinski definition) is 1. The molecule has 0 saturated heterocycles. The van der Waals surface area contributed by atoms with Crippen molar-refractivity contribution in [3.8, 4) is 17.6 Å². The standard InChI is InChI=1S/C22H13ClF5N3O2/c1-32-15-7-11(9-30-31-21-19(27)17(25)16(24)18(26)20(21)28)6-14(23)22(15)33-10-13-5-3-2-4-12(13)8-29/h2-7,9,31H,10H2,1H3. The predicted octanol–water partition coefficient (Wildman–Crippen LogP) is 5.94. The number of nitriles is 1. The highest BCUT2D eigenvalue weighted by Crippen LogP contribution is 2.37. The number of ether oxygens (including phenoxy) is 2. The maximum atomic E-state index is 13.7. The Hall–Kier alpha value is -3.84. The van der Waals surface area contributed by atoms with Gasteiger partial charge in [0.2, 0.25) is 5.82 Å². The van der Waals surface area contributed by atoms with Crippen molar-refractivity contribution in [1.82, 2.24) is 0 Å². The van der Waals surface area contributed by atoms with Gasteiger partial charge >= 0.3 is 0 Å². The molecule has 0 heterocycles. The van der Waals surface area contributed by atoms with E-state index in [9.17, 15) is 22.0 Å². The number of methoxy groups -OCH3 is 1. The predicted molar refractivity (Wildman–Crippen MR) is 111 cm³/mol. The fourth-order valence-corrected chi connectivity index (χ4v) is 3.01. The molecule has 3 aromatic carbocycles. The second kappa shape index (κ2) is 10.2. The number of hydrazone groups is 1. The summed E-state index contributed by atoms with van der Waals surface area (Å²) in [5.74, 6) is -10.2. The smallest absolute Gasteiger partial charge is 0.200 e. The Bertz CT molecular complexity index is 1250. The second-order valence-corrected chi connectivity index (χ2v) is 6.81. The van der Waals surface area contributed by atoms with Crippen LogP contribution in [-0.4, -0.2) is 13.3 Å². The van der Waals surface area contributed by atoms with E-state index in [1.54, 1.807) is 29.7 Å². The highest BCUT2D eigenvalue weighted by Gasteiger charge is 2.25. The SMILES string of the molecule is COc1cc(C=NNc2c(F)c(F)c(F)c(F)c2F)cc(Cl)c1OCc1ccccc1C#N. The first-order valence-electron chi connectivity index (χ1n) is 9.07. The van der Waals surface area contributed by atoms with Crippen LogP contribution in [0.2, 0.25) is 5.02 Å². The van der Waals surface area contributed by atoms with Gasteiger partial charge in [-0.1, -0.05) is 29.8 Å². The summed E-state index contributed by atoms with van der Waals surface area (Å²) in [6.07, 6.45) is 1.03. The number of nitrogens with one attached hydrogen (secondary N) is 1. The van der Waals surface area contributed by atoms with Crippen LogP contribution in [0.25, 0.3) is 0 Å². The monoisotopic (exact) mass is 481 g/mol. The van der Waals surface area contributed by atoms with Crippen LogP contribution in [0, 0.1) is 40.4 Å². The Kier molecular flexibility index (Phi) is 7.35. The quantitative estimate of drug-likeness (QED) is 0.149. The fraction of sp³-hybridized carbons (Fsp3) is 0.0909. The Morgan fingerprint density at radius 2 is 1.67 bits per heavy atom. The van der Waals surface area contributed by atoms with Gasteiger partial charge in [-0.2, -0.15) is 10.4 Å². The van der Waals surface area contributed by atoms with E-state index >= 15 is 0 Å². The topological polar surface area (TPSA) is 66.6 Å². The Balaban J connectivity index is 1.82. The lowest BCUT2D eigenvalue weighted by Crippen LogP contribution is -2.06. The van der Waals surface area contributed by atoms with Gasteiger partial charge in [0.05, 0.1) is 30.0 Å². The second-order valence-electron chi connectivity index (χ2n) is 6.41. The van der Waals surface area contributed by atoms with E-state index in [0.717, 1.165) is 6.21 Å². The lowest BCUT2D eigenvalue weighted by atomic mass is 10.1. The molecule has 0 aliphatic heterocycles. The molecule has 0 spiro atoms. The molecule has 3 aromatic rings. The van der Waals surface area contributed by atoms with Crippen LogP contribution in [0.1, 0.15) is 16.7 Å². The van der Waals surface area contributed by atoms with Crippen molar-refractivity contribution in [3.05, 3.63) is 87.2 Å². The fourth-order valence-electron chi connectivity index (χ4n) is 2.73. The van der Waals surface area contributed by atoms with Gasteiger partial charge in [0.15, 0.2) is 34.8 Å². The minimum Gasteiger partial charge on any atom is -0.493 e. The van der Waals surface area contributed by atoms with Crippen LogP contribution in [-0.2, 0) is 6.61 Å². The third-order valence-corrected chi connectivity index (χ3v) is 4.64. The van der Waals surface area contributed by atoms with Gasteiger partial charge in [-0.05, 0) is 23.8 Å². The summed E-state index contributed by atoms with van der Waals surface area (Å²) in [6.45, 7) is 0.0229. The first-order valence-corrected chi connectivity index (χ1v) is 9.45. The van der Waals surface area contributed by atoms with E-state index in [-0.39, 0.29) is 28.7 Å². The van der Waals surface area contributed by atoms with Gasteiger partial charge in [0, 0.05) is 5.56 Å². The number of nitrogens with zero attached hydrogens (tertiary/aromatic N) is 2. The molecule has 3 rings (SSSR count). The molecular formula is C22H13ClF5N3O2. The third kappa shape index (κ3) is 4.99. The number of benzene rings is 3. The van der Waals surface area contributed by atoms with E-state index in [1.807, 2.05) is 6.07 Å². The zero-order valence-corrected chi connectivity index (χ0v) is 17.5. The van der Waals surface area contributed by atoms with Crippen molar-refractivity contribution in [3.63, 3.8) is 0 Å². The Morgan fingerprint density at radius 3 is 2.30 bits per heavy atom. The number of hydrogen-bond acceptors (Lipinski definition) is 5. The van der Waals surface area contributed by atoms with E-state index < -0.39 is 34.8 Å². The van der Waals surface area contributed by atoms with Crippen molar-refractivity contribution in [2.75, 3.05) is 12.5 Å². The van der Waals surface area contributed by atoms with Crippen molar-refractivity contribution in [2.45, 2.75) is 6.61 Å². The molecule has 5 nitrogen and oxygen atoms in total. The molecule has 33 heavy (non-hydrogen) atoms. The molecule has 0 bridgehead atoms. The van der Waals surface area contributed by atoms with Gasteiger partial charge in [-0.3, -0.25) is 5.43 Å². The highest BCUT2D eigenvalue weighted by molar-refractivity contribution is 6.32. The van der Waals surface area contributed by atoms with Gasteiger partial charge in [0.1, 0.15) is 12.3 Å². The largest absolute Gasteiger partial charge is 0.493 e. The Morgan fingerprint density at radius 1 is 1.03 bits per heavy atom. The molecule has 0 amide bonds. The van der Waals surface area contributed by atoms with Crippen LogP contribution in [0.5, 0.6) is 11.5 Å². The van der Waals surface area contributed by atoms with Gasteiger partial charge < -0.3 is 9.47 Å². The lowest BCUT2D eigenvalue weighted by Gasteiger charge is -2.14. The van der Waals surface area contributed by atoms with Gasteiger partial charge in [-0.25, -0.2) is 22.0 Å². The maximum absolute atomic E-state index is 13.7. The summed E-state index contributed by atoms with van der Waals surface area (Å²) in [5, 5.41) is 12.8. The van der Waals surface area contributed by atoms with Crippen LogP contribution in [0.4, 0.5) is 27.6 Å². The lowest BCUT2D eigenvalue weighted by molar-refractivity contribution is 0.284.